The molecule has 0 atom stereocenters. The Morgan fingerprint density at radius 2 is 1.47 bits per heavy atom. The van der Waals surface area contributed by atoms with Gasteiger partial charge in [-0.25, -0.2) is 5.43 Å². The second kappa shape index (κ2) is 6.91. The smallest absolute Gasteiger partial charge is 0.264 e. The van der Waals surface area contributed by atoms with Crippen LogP contribution in [0.25, 0.3) is 6.08 Å². The van der Waals surface area contributed by atoms with Crippen LogP contribution in [0, 0.1) is 0 Å². The number of carbonyl (C=O) groups is 1. The Morgan fingerprint density at radius 3 is 2.11 bits per heavy atom. The molecule has 2 aromatic rings. The van der Waals surface area contributed by atoms with Gasteiger partial charge in [0.25, 0.3) is 5.91 Å². The number of benzene rings is 2. The molecule has 0 aliphatic rings. The number of nitrogens with zero attached hydrogens (tertiary/aromatic N) is 1. The van der Waals surface area contributed by atoms with Crippen molar-refractivity contribution in [3.63, 3.8) is 0 Å². The lowest BCUT2D eigenvalue weighted by Gasteiger charge is -1.94. The van der Waals surface area contributed by atoms with Gasteiger partial charge in [-0.05, 0) is 17.2 Å². The summed E-state index contributed by atoms with van der Waals surface area (Å²) in [6, 6.07) is 19.2. The molecule has 0 spiro atoms. The molecule has 2 aromatic carbocycles. The van der Waals surface area contributed by atoms with E-state index in [1.165, 1.54) is 6.08 Å². The van der Waals surface area contributed by atoms with E-state index in [1.807, 2.05) is 60.7 Å². The van der Waals surface area contributed by atoms with Gasteiger partial charge in [-0.1, -0.05) is 60.7 Å². The largest absolute Gasteiger partial charge is 0.268 e. The maximum atomic E-state index is 11.5. The third kappa shape index (κ3) is 4.60. The Morgan fingerprint density at radius 1 is 0.895 bits per heavy atom. The first-order valence-corrected chi connectivity index (χ1v) is 5.96. The van der Waals surface area contributed by atoms with E-state index in [-0.39, 0.29) is 5.91 Å². The summed E-state index contributed by atoms with van der Waals surface area (Å²) >= 11 is 0. The Hall–Kier alpha value is -2.68. The van der Waals surface area contributed by atoms with Gasteiger partial charge in [0.2, 0.25) is 0 Å². The average molecular weight is 250 g/mol. The van der Waals surface area contributed by atoms with E-state index < -0.39 is 0 Å². The van der Waals surface area contributed by atoms with Gasteiger partial charge in [0, 0.05) is 6.08 Å². The van der Waals surface area contributed by atoms with Crippen molar-refractivity contribution in [2.45, 2.75) is 0 Å². The number of hydrogen-bond donors (Lipinski definition) is 1. The molecular formula is C16H14N2O. The fourth-order valence-electron chi connectivity index (χ4n) is 1.48. The Kier molecular flexibility index (Phi) is 4.64. The number of carbonyl (C=O) groups excluding carboxylic acids is 1. The monoisotopic (exact) mass is 250 g/mol. The second-order valence-corrected chi connectivity index (χ2v) is 3.89. The number of rotatable bonds is 4. The molecule has 0 saturated heterocycles. The Bertz CT molecular complexity index is 574. The fourth-order valence-corrected chi connectivity index (χ4v) is 1.48. The first-order chi connectivity index (χ1) is 9.34. The summed E-state index contributed by atoms with van der Waals surface area (Å²) in [6.45, 7) is 0. The molecule has 1 N–H and O–H groups in total. The van der Waals surface area contributed by atoms with Crippen LogP contribution in [0.5, 0.6) is 0 Å². The minimum atomic E-state index is -0.254. The van der Waals surface area contributed by atoms with E-state index in [9.17, 15) is 4.79 Å². The predicted molar refractivity (Wildman–Crippen MR) is 77.7 cm³/mol. The molecule has 0 aliphatic heterocycles. The van der Waals surface area contributed by atoms with E-state index in [0.29, 0.717) is 0 Å². The molecule has 0 unspecified atom stereocenters. The number of hydrazone groups is 1. The first-order valence-electron chi connectivity index (χ1n) is 5.96. The topological polar surface area (TPSA) is 41.5 Å². The molecule has 3 heteroatoms. The molecule has 0 aromatic heterocycles. The summed E-state index contributed by atoms with van der Waals surface area (Å²) in [5.74, 6) is -0.254. The van der Waals surface area contributed by atoms with E-state index >= 15 is 0 Å². The van der Waals surface area contributed by atoms with Crippen LogP contribution in [0.4, 0.5) is 0 Å². The van der Waals surface area contributed by atoms with E-state index in [2.05, 4.69) is 10.5 Å². The number of amides is 1. The third-order valence-corrected chi connectivity index (χ3v) is 2.41. The van der Waals surface area contributed by atoms with Crippen molar-refractivity contribution < 1.29 is 4.79 Å². The Labute approximate surface area is 112 Å². The highest BCUT2D eigenvalue weighted by Crippen LogP contribution is 2.00. The van der Waals surface area contributed by atoms with Crippen molar-refractivity contribution in [3.05, 3.63) is 77.9 Å². The van der Waals surface area contributed by atoms with E-state index in [4.69, 9.17) is 0 Å². The van der Waals surface area contributed by atoms with Gasteiger partial charge in [-0.15, -0.1) is 0 Å². The molecule has 19 heavy (non-hydrogen) atoms. The summed E-state index contributed by atoms with van der Waals surface area (Å²) in [4.78, 5) is 11.5. The molecule has 0 aliphatic carbocycles. The number of nitrogens with one attached hydrogen (secondary N) is 1. The van der Waals surface area contributed by atoms with Crippen molar-refractivity contribution in [2.24, 2.45) is 5.10 Å². The van der Waals surface area contributed by atoms with Crippen LogP contribution >= 0.6 is 0 Å². The lowest BCUT2D eigenvalue weighted by Crippen LogP contribution is -2.14. The molecule has 0 radical (unpaired) electrons. The minimum Gasteiger partial charge on any atom is -0.268 e. The third-order valence-electron chi connectivity index (χ3n) is 2.41. The van der Waals surface area contributed by atoms with E-state index in [1.54, 1.807) is 12.3 Å². The van der Waals surface area contributed by atoms with Gasteiger partial charge in [-0.2, -0.15) is 5.10 Å². The minimum absolute atomic E-state index is 0.254. The standard InChI is InChI=1S/C16H14N2O/c19-16(12-11-14-7-3-1-4-8-14)18-17-13-15-9-5-2-6-10-15/h1-13H,(H,18,19)/b12-11+,17-13+. The summed E-state index contributed by atoms with van der Waals surface area (Å²) in [6.07, 6.45) is 4.80. The van der Waals surface area contributed by atoms with Crippen LogP contribution in [-0.2, 0) is 4.79 Å². The van der Waals surface area contributed by atoms with Gasteiger partial charge in [-0.3, -0.25) is 4.79 Å². The maximum Gasteiger partial charge on any atom is 0.264 e. The predicted octanol–water partition coefficient (Wildman–Crippen LogP) is 2.85. The molecule has 0 heterocycles. The molecule has 1 amide bonds. The van der Waals surface area contributed by atoms with Crippen molar-refractivity contribution in [2.75, 3.05) is 0 Å². The average Bonchev–Trinajstić information content (AvgIpc) is 2.47. The van der Waals surface area contributed by atoms with Crippen LogP contribution in [-0.4, -0.2) is 12.1 Å². The van der Waals surface area contributed by atoms with Crippen LogP contribution in [0.3, 0.4) is 0 Å². The van der Waals surface area contributed by atoms with Crippen molar-refractivity contribution in [1.29, 1.82) is 0 Å². The highest BCUT2D eigenvalue weighted by molar-refractivity contribution is 5.92. The molecule has 2 rings (SSSR count). The SMILES string of the molecule is O=C(/C=C/c1ccccc1)N/N=C/c1ccccc1. The first kappa shape index (κ1) is 12.8. The van der Waals surface area contributed by atoms with Gasteiger partial charge in [0.15, 0.2) is 0 Å². The lowest BCUT2D eigenvalue weighted by atomic mass is 10.2. The van der Waals surface area contributed by atoms with Crippen molar-refractivity contribution in [3.8, 4) is 0 Å². The van der Waals surface area contributed by atoms with Gasteiger partial charge >= 0.3 is 0 Å². The van der Waals surface area contributed by atoms with Crippen LogP contribution in [0.15, 0.2) is 71.8 Å². The molecule has 94 valence electrons. The quantitative estimate of drug-likeness (QED) is 0.506. The number of hydrogen-bond acceptors (Lipinski definition) is 2. The zero-order chi connectivity index (χ0) is 13.3. The molecule has 0 bridgehead atoms. The normalized spacial score (nSPS) is 10.9. The van der Waals surface area contributed by atoms with Crippen molar-refractivity contribution in [1.82, 2.24) is 5.43 Å². The summed E-state index contributed by atoms with van der Waals surface area (Å²) in [5.41, 5.74) is 4.36. The molecular weight excluding hydrogens is 236 g/mol. The summed E-state index contributed by atoms with van der Waals surface area (Å²) in [5, 5.41) is 3.88. The summed E-state index contributed by atoms with van der Waals surface area (Å²) in [7, 11) is 0. The van der Waals surface area contributed by atoms with Crippen LogP contribution in [0.2, 0.25) is 0 Å². The second-order valence-electron chi connectivity index (χ2n) is 3.89. The Balaban J connectivity index is 1.85. The maximum absolute atomic E-state index is 11.5. The molecule has 3 nitrogen and oxygen atoms in total. The highest BCUT2D eigenvalue weighted by Gasteiger charge is 1.91. The van der Waals surface area contributed by atoms with Gasteiger partial charge in [0.05, 0.1) is 6.21 Å². The van der Waals surface area contributed by atoms with Crippen LogP contribution < -0.4 is 5.43 Å². The summed E-state index contributed by atoms with van der Waals surface area (Å²) < 4.78 is 0. The van der Waals surface area contributed by atoms with E-state index in [0.717, 1.165) is 11.1 Å². The molecule has 0 saturated carbocycles. The van der Waals surface area contributed by atoms with Crippen molar-refractivity contribution >= 4 is 18.2 Å². The lowest BCUT2D eigenvalue weighted by molar-refractivity contribution is -0.116. The zero-order valence-electron chi connectivity index (χ0n) is 10.4. The highest BCUT2D eigenvalue weighted by atomic mass is 16.2. The van der Waals surface area contributed by atoms with Gasteiger partial charge < -0.3 is 0 Å². The van der Waals surface area contributed by atoms with Crippen LogP contribution in [0.1, 0.15) is 11.1 Å². The molecule has 0 fully saturated rings. The fraction of sp³-hybridized carbons (Fsp3) is 0. The zero-order valence-corrected chi connectivity index (χ0v) is 10.4. The van der Waals surface area contributed by atoms with Gasteiger partial charge in [0.1, 0.15) is 0 Å².